The molecule has 2 rings (SSSR count). The standard InChI is InChI=1S/C12H15FN2O/c1-14-6-9-7-15(8-9)12(16)10-3-2-4-11(13)5-10/h2-5,9,14H,6-8H2,1H3. The number of nitrogens with zero attached hydrogens (tertiary/aromatic N) is 1. The fourth-order valence-electron chi connectivity index (χ4n) is 1.96. The number of nitrogens with one attached hydrogen (secondary N) is 1. The van der Waals surface area contributed by atoms with Gasteiger partial charge in [0.05, 0.1) is 0 Å². The van der Waals surface area contributed by atoms with E-state index in [-0.39, 0.29) is 11.7 Å². The summed E-state index contributed by atoms with van der Waals surface area (Å²) in [4.78, 5) is 13.6. The van der Waals surface area contributed by atoms with Gasteiger partial charge >= 0.3 is 0 Å². The third-order valence-electron chi connectivity index (χ3n) is 2.81. The number of halogens is 1. The molecule has 0 atom stereocenters. The van der Waals surface area contributed by atoms with Crippen LogP contribution in [0.3, 0.4) is 0 Å². The van der Waals surface area contributed by atoms with E-state index in [1.54, 1.807) is 17.0 Å². The molecule has 1 heterocycles. The lowest BCUT2D eigenvalue weighted by atomic mass is 9.99. The summed E-state index contributed by atoms with van der Waals surface area (Å²) >= 11 is 0. The van der Waals surface area contributed by atoms with Crippen LogP contribution in [-0.2, 0) is 0 Å². The van der Waals surface area contributed by atoms with Crippen molar-refractivity contribution in [2.45, 2.75) is 0 Å². The lowest BCUT2D eigenvalue weighted by molar-refractivity contribution is 0.0503. The average Bonchev–Trinajstić information content (AvgIpc) is 2.22. The lowest BCUT2D eigenvalue weighted by Gasteiger charge is -2.39. The summed E-state index contributed by atoms with van der Waals surface area (Å²) in [7, 11) is 1.90. The van der Waals surface area contributed by atoms with Gasteiger partial charge in [0.1, 0.15) is 5.82 Å². The Balaban J connectivity index is 1.95. The molecule has 1 saturated heterocycles. The van der Waals surface area contributed by atoms with Crippen LogP contribution in [-0.4, -0.2) is 37.5 Å². The van der Waals surface area contributed by atoms with Crippen molar-refractivity contribution in [3.8, 4) is 0 Å². The molecule has 1 fully saturated rings. The second-order valence-corrected chi connectivity index (χ2v) is 4.14. The maximum Gasteiger partial charge on any atom is 0.253 e. The first-order chi connectivity index (χ1) is 7.70. The Bertz CT molecular complexity index is 388. The number of rotatable bonds is 3. The smallest absolute Gasteiger partial charge is 0.253 e. The van der Waals surface area contributed by atoms with Gasteiger partial charge in [0, 0.05) is 31.1 Å². The highest BCUT2D eigenvalue weighted by Crippen LogP contribution is 2.18. The zero-order valence-electron chi connectivity index (χ0n) is 9.24. The van der Waals surface area contributed by atoms with Gasteiger partial charge in [-0.15, -0.1) is 0 Å². The topological polar surface area (TPSA) is 32.3 Å². The van der Waals surface area contributed by atoms with E-state index in [4.69, 9.17) is 0 Å². The number of likely N-dealkylation sites (tertiary alicyclic amines) is 1. The van der Waals surface area contributed by atoms with Crippen molar-refractivity contribution in [1.82, 2.24) is 10.2 Å². The molecule has 86 valence electrons. The molecule has 0 bridgehead atoms. The minimum atomic E-state index is -0.363. The maximum atomic E-state index is 12.9. The highest BCUT2D eigenvalue weighted by molar-refractivity contribution is 5.94. The molecular weight excluding hydrogens is 207 g/mol. The largest absolute Gasteiger partial charge is 0.338 e. The molecule has 0 aliphatic carbocycles. The summed E-state index contributed by atoms with van der Waals surface area (Å²) in [5.41, 5.74) is 0.433. The van der Waals surface area contributed by atoms with Gasteiger partial charge in [-0.2, -0.15) is 0 Å². The Morgan fingerprint density at radius 2 is 2.31 bits per heavy atom. The van der Waals surface area contributed by atoms with E-state index in [0.717, 1.165) is 19.6 Å². The third kappa shape index (κ3) is 2.22. The Morgan fingerprint density at radius 1 is 1.56 bits per heavy atom. The summed E-state index contributed by atoms with van der Waals surface area (Å²) in [6, 6.07) is 5.84. The van der Waals surface area contributed by atoms with E-state index in [2.05, 4.69) is 5.32 Å². The Morgan fingerprint density at radius 3 is 2.94 bits per heavy atom. The van der Waals surface area contributed by atoms with Crippen molar-refractivity contribution in [2.24, 2.45) is 5.92 Å². The van der Waals surface area contributed by atoms with Crippen LogP contribution < -0.4 is 5.32 Å². The van der Waals surface area contributed by atoms with E-state index in [0.29, 0.717) is 11.5 Å². The summed E-state index contributed by atoms with van der Waals surface area (Å²) < 4.78 is 12.9. The zero-order valence-corrected chi connectivity index (χ0v) is 9.24. The molecule has 0 radical (unpaired) electrons. The fraction of sp³-hybridized carbons (Fsp3) is 0.417. The number of carbonyl (C=O) groups excluding carboxylic acids is 1. The van der Waals surface area contributed by atoms with Crippen molar-refractivity contribution in [1.29, 1.82) is 0 Å². The molecule has 0 unspecified atom stereocenters. The predicted molar refractivity (Wildman–Crippen MR) is 59.7 cm³/mol. The van der Waals surface area contributed by atoms with Crippen LogP contribution >= 0.6 is 0 Å². The van der Waals surface area contributed by atoms with Gasteiger partial charge in [0.2, 0.25) is 0 Å². The van der Waals surface area contributed by atoms with Gasteiger partial charge < -0.3 is 10.2 Å². The lowest BCUT2D eigenvalue weighted by Crippen LogP contribution is -2.52. The number of amides is 1. The Kier molecular flexibility index (Phi) is 3.19. The van der Waals surface area contributed by atoms with Crippen LogP contribution in [0, 0.1) is 11.7 Å². The zero-order chi connectivity index (χ0) is 11.5. The molecule has 1 aliphatic rings. The molecule has 4 heteroatoms. The quantitative estimate of drug-likeness (QED) is 0.831. The summed E-state index contributed by atoms with van der Waals surface area (Å²) in [5, 5.41) is 3.08. The second kappa shape index (κ2) is 4.61. The van der Waals surface area contributed by atoms with E-state index in [1.165, 1.54) is 12.1 Å². The van der Waals surface area contributed by atoms with Gasteiger partial charge in [-0.3, -0.25) is 4.79 Å². The van der Waals surface area contributed by atoms with Crippen molar-refractivity contribution in [3.63, 3.8) is 0 Å². The van der Waals surface area contributed by atoms with Gasteiger partial charge in [-0.1, -0.05) is 6.07 Å². The normalized spacial score (nSPS) is 16.0. The van der Waals surface area contributed by atoms with Crippen LogP contribution in [0.2, 0.25) is 0 Å². The molecule has 1 aliphatic heterocycles. The average molecular weight is 222 g/mol. The summed E-state index contributed by atoms with van der Waals surface area (Å²) in [6.45, 7) is 2.44. The Labute approximate surface area is 94.3 Å². The van der Waals surface area contributed by atoms with Crippen LogP contribution in [0.15, 0.2) is 24.3 Å². The molecule has 1 aromatic carbocycles. The van der Waals surface area contributed by atoms with Crippen LogP contribution in [0.25, 0.3) is 0 Å². The van der Waals surface area contributed by atoms with E-state index < -0.39 is 0 Å². The summed E-state index contributed by atoms with van der Waals surface area (Å²) in [6.07, 6.45) is 0. The van der Waals surface area contributed by atoms with Gasteiger partial charge in [-0.25, -0.2) is 4.39 Å². The molecule has 3 nitrogen and oxygen atoms in total. The van der Waals surface area contributed by atoms with E-state index >= 15 is 0 Å². The summed E-state index contributed by atoms with van der Waals surface area (Å²) in [5.74, 6) is 0.0903. The van der Waals surface area contributed by atoms with E-state index in [9.17, 15) is 9.18 Å². The highest BCUT2D eigenvalue weighted by atomic mass is 19.1. The first-order valence-electron chi connectivity index (χ1n) is 5.40. The molecular formula is C12H15FN2O. The SMILES string of the molecule is CNCC1CN(C(=O)c2cccc(F)c2)C1. The molecule has 0 spiro atoms. The molecule has 0 aromatic heterocycles. The molecule has 0 saturated carbocycles. The fourth-order valence-corrected chi connectivity index (χ4v) is 1.96. The first-order valence-corrected chi connectivity index (χ1v) is 5.40. The number of hydrogen-bond acceptors (Lipinski definition) is 2. The number of hydrogen-bond donors (Lipinski definition) is 1. The van der Waals surface area contributed by atoms with Crippen LogP contribution in [0.1, 0.15) is 10.4 Å². The van der Waals surface area contributed by atoms with E-state index in [1.807, 2.05) is 7.05 Å². The van der Waals surface area contributed by atoms with Crippen molar-refractivity contribution < 1.29 is 9.18 Å². The molecule has 1 aromatic rings. The van der Waals surface area contributed by atoms with Crippen molar-refractivity contribution >= 4 is 5.91 Å². The minimum Gasteiger partial charge on any atom is -0.338 e. The van der Waals surface area contributed by atoms with Gasteiger partial charge in [0.25, 0.3) is 5.91 Å². The number of carbonyl (C=O) groups is 1. The Hall–Kier alpha value is -1.42. The predicted octanol–water partition coefficient (Wildman–Crippen LogP) is 1.12. The highest BCUT2D eigenvalue weighted by Gasteiger charge is 2.30. The number of benzene rings is 1. The molecule has 1 N–H and O–H groups in total. The van der Waals surface area contributed by atoms with Crippen molar-refractivity contribution in [2.75, 3.05) is 26.7 Å². The monoisotopic (exact) mass is 222 g/mol. The third-order valence-corrected chi connectivity index (χ3v) is 2.81. The van der Waals surface area contributed by atoms with Gasteiger partial charge in [0.15, 0.2) is 0 Å². The molecule has 1 amide bonds. The maximum absolute atomic E-state index is 12.9. The van der Waals surface area contributed by atoms with Crippen LogP contribution in [0.4, 0.5) is 4.39 Å². The second-order valence-electron chi connectivity index (χ2n) is 4.14. The van der Waals surface area contributed by atoms with Crippen molar-refractivity contribution in [3.05, 3.63) is 35.6 Å². The van der Waals surface area contributed by atoms with Gasteiger partial charge in [-0.05, 0) is 25.2 Å². The van der Waals surface area contributed by atoms with Crippen LogP contribution in [0.5, 0.6) is 0 Å². The molecule has 16 heavy (non-hydrogen) atoms. The first kappa shape index (κ1) is 11.1. The minimum absolute atomic E-state index is 0.0770.